The molecule has 0 bridgehead atoms. The average molecular weight is 299 g/mol. The average Bonchev–Trinajstić information content (AvgIpc) is 2.48. The lowest BCUT2D eigenvalue weighted by Gasteiger charge is -2.39. The number of hydrogen-bond donors (Lipinski definition) is 4. The van der Waals surface area contributed by atoms with Gasteiger partial charge in [-0.15, -0.1) is 0 Å². The first-order chi connectivity index (χ1) is 9.91. The van der Waals surface area contributed by atoms with Crippen LogP contribution in [0.2, 0.25) is 0 Å². The van der Waals surface area contributed by atoms with E-state index in [1.807, 2.05) is 6.07 Å². The summed E-state index contributed by atoms with van der Waals surface area (Å²) in [7, 11) is 1.54. The van der Waals surface area contributed by atoms with Crippen LogP contribution < -0.4 is 5.06 Å². The molecule has 4 N–H and O–H groups in total. The van der Waals surface area contributed by atoms with Gasteiger partial charge in [0.1, 0.15) is 18.3 Å². The molecule has 0 spiro atoms. The summed E-state index contributed by atoms with van der Waals surface area (Å²) in [6.45, 7) is 0. The molecule has 8 nitrogen and oxygen atoms in total. The molecular weight excluding hydrogens is 282 g/mol. The van der Waals surface area contributed by atoms with Crippen LogP contribution in [0.25, 0.3) is 0 Å². The summed E-state index contributed by atoms with van der Waals surface area (Å²) in [6.07, 6.45) is -8.11. The number of hydrogen-bond acceptors (Lipinski definition) is 7. The van der Waals surface area contributed by atoms with Crippen molar-refractivity contribution in [2.75, 3.05) is 12.1 Å². The Morgan fingerprint density at radius 2 is 1.76 bits per heavy atom. The predicted octanol–water partition coefficient (Wildman–Crippen LogP) is -1.05. The number of ether oxygens (including phenoxy) is 1. The number of nitrogens with zero attached hydrogens (tertiary/aromatic N) is 1. The standard InChI is InChI=1S/C13H17NO7/c1-14(7-5-3-2-4-6-7)21-13-10(17)8(15)9(16)11(20-13)12(18)19/h2-6,8-11,13,15-17H,1H3,(H,18,19). The highest BCUT2D eigenvalue weighted by atomic mass is 16.8. The van der Waals surface area contributed by atoms with Gasteiger partial charge >= 0.3 is 5.97 Å². The van der Waals surface area contributed by atoms with Crippen LogP contribution >= 0.6 is 0 Å². The summed E-state index contributed by atoms with van der Waals surface area (Å²) in [5.74, 6) is -1.45. The van der Waals surface area contributed by atoms with Crippen LogP contribution in [0.15, 0.2) is 30.3 Å². The Labute approximate surface area is 120 Å². The maximum Gasteiger partial charge on any atom is 0.335 e. The second kappa shape index (κ2) is 6.37. The molecule has 0 saturated carbocycles. The van der Waals surface area contributed by atoms with Gasteiger partial charge in [-0.05, 0) is 12.1 Å². The van der Waals surface area contributed by atoms with E-state index >= 15 is 0 Å². The van der Waals surface area contributed by atoms with E-state index in [0.29, 0.717) is 5.69 Å². The number of para-hydroxylation sites is 1. The molecule has 1 aliphatic heterocycles. The van der Waals surface area contributed by atoms with Crippen LogP contribution in [0.5, 0.6) is 0 Å². The number of benzene rings is 1. The summed E-state index contributed by atoms with van der Waals surface area (Å²) < 4.78 is 5.01. The van der Waals surface area contributed by atoms with E-state index in [0.717, 1.165) is 0 Å². The fraction of sp³-hybridized carbons (Fsp3) is 0.462. The van der Waals surface area contributed by atoms with Crippen molar-refractivity contribution in [3.8, 4) is 0 Å². The van der Waals surface area contributed by atoms with E-state index in [9.17, 15) is 20.1 Å². The van der Waals surface area contributed by atoms with E-state index in [2.05, 4.69) is 0 Å². The first-order valence-corrected chi connectivity index (χ1v) is 6.30. The number of rotatable bonds is 4. The van der Waals surface area contributed by atoms with Crippen molar-refractivity contribution in [3.05, 3.63) is 30.3 Å². The largest absolute Gasteiger partial charge is 0.479 e. The van der Waals surface area contributed by atoms with Gasteiger partial charge in [-0.2, -0.15) is 0 Å². The summed E-state index contributed by atoms with van der Waals surface area (Å²) in [5.41, 5.74) is 0.640. The minimum absolute atomic E-state index is 0.640. The van der Waals surface area contributed by atoms with E-state index in [-0.39, 0.29) is 0 Å². The maximum absolute atomic E-state index is 11.0. The maximum atomic E-state index is 11.0. The fourth-order valence-corrected chi connectivity index (χ4v) is 1.99. The lowest BCUT2D eigenvalue weighted by atomic mass is 9.99. The van der Waals surface area contributed by atoms with Crippen LogP contribution in [0.3, 0.4) is 0 Å². The monoisotopic (exact) mass is 299 g/mol. The van der Waals surface area contributed by atoms with Crippen molar-refractivity contribution in [3.63, 3.8) is 0 Å². The number of carboxylic acid groups (broad SMARTS) is 1. The van der Waals surface area contributed by atoms with Gasteiger partial charge in [-0.3, -0.25) is 5.06 Å². The first kappa shape index (κ1) is 15.7. The highest BCUT2D eigenvalue weighted by Crippen LogP contribution is 2.24. The van der Waals surface area contributed by atoms with Crippen molar-refractivity contribution >= 4 is 11.7 Å². The second-order valence-corrected chi connectivity index (χ2v) is 4.67. The topological polar surface area (TPSA) is 120 Å². The molecule has 1 aromatic carbocycles. The van der Waals surface area contributed by atoms with Crippen molar-refractivity contribution in [1.82, 2.24) is 0 Å². The van der Waals surface area contributed by atoms with Crippen LogP contribution in [-0.2, 0) is 14.4 Å². The van der Waals surface area contributed by atoms with Gasteiger partial charge in [-0.25, -0.2) is 9.63 Å². The number of carbonyl (C=O) groups is 1. The van der Waals surface area contributed by atoms with Gasteiger partial charge in [0.05, 0.1) is 5.69 Å². The smallest absolute Gasteiger partial charge is 0.335 e. The molecule has 1 heterocycles. The zero-order valence-corrected chi connectivity index (χ0v) is 11.2. The molecule has 1 aliphatic rings. The molecule has 0 aliphatic carbocycles. The van der Waals surface area contributed by atoms with Gasteiger partial charge < -0.3 is 25.2 Å². The molecule has 5 atom stereocenters. The SMILES string of the molecule is CN(OC1OC(C(=O)O)C(O)C(O)C1O)c1ccccc1. The fourth-order valence-electron chi connectivity index (χ4n) is 1.99. The Balaban J connectivity index is 2.09. The Bertz CT molecular complexity index is 483. The van der Waals surface area contributed by atoms with E-state index in [1.165, 1.54) is 5.06 Å². The molecule has 0 radical (unpaired) electrons. The summed E-state index contributed by atoms with van der Waals surface area (Å²) in [4.78, 5) is 16.3. The van der Waals surface area contributed by atoms with Crippen LogP contribution in [0, 0.1) is 0 Å². The van der Waals surface area contributed by atoms with Crippen molar-refractivity contribution in [2.45, 2.75) is 30.7 Å². The highest BCUT2D eigenvalue weighted by Gasteiger charge is 2.48. The molecular formula is C13H17NO7. The van der Waals surface area contributed by atoms with Gasteiger partial charge in [0.2, 0.25) is 6.29 Å². The molecule has 116 valence electrons. The van der Waals surface area contributed by atoms with Gasteiger partial charge in [0.25, 0.3) is 0 Å². The number of carboxylic acids is 1. The Kier molecular flexibility index (Phi) is 4.76. The molecule has 5 unspecified atom stereocenters. The van der Waals surface area contributed by atoms with Crippen LogP contribution in [-0.4, -0.2) is 64.1 Å². The van der Waals surface area contributed by atoms with Gasteiger partial charge in [-0.1, -0.05) is 18.2 Å². The molecule has 21 heavy (non-hydrogen) atoms. The van der Waals surface area contributed by atoms with Crippen molar-refractivity contribution < 1.29 is 34.8 Å². The van der Waals surface area contributed by atoms with Gasteiger partial charge in [0.15, 0.2) is 6.10 Å². The molecule has 0 aromatic heterocycles. The highest BCUT2D eigenvalue weighted by molar-refractivity contribution is 5.73. The molecule has 1 aromatic rings. The van der Waals surface area contributed by atoms with Gasteiger partial charge in [0, 0.05) is 7.05 Å². The van der Waals surface area contributed by atoms with E-state index in [1.54, 1.807) is 31.3 Å². The lowest BCUT2D eigenvalue weighted by Crippen LogP contribution is -2.61. The predicted molar refractivity (Wildman–Crippen MR) is 70.2 cm³/mol. The summed E-state index contributed by atoms with van der Waals surface area (Å²) in [6, 6.07) is 8.81. The molecule has 0 amide bonds. The minimum atomic E-state index is -1.74. The summed E-state index contributed by atoms with van der Waals surface area (Å²) >= 11 is 0. The first-order valence-electron chi connectivity index (χ1n) is 6.30. The molecule has 8 heteroatoms. The van der Waals surface area contributed by atoms with Crippen molar-refractivity contribution in [2.24, 2.45) is 0 Å². The van der Waals surface area contributed by atoms with E-state index in [4.69, 9.17) is 14.7 Å². The Hall–Kier alpha value is -1.71. The van der Waals surface area contributed by atoms with Crippen LogP contribution in [0.1, 0.15) is 0 Å². The third-order valence-corrected chi connectivity index (χ3v) is 3.19. The van der Waals surface area contributed by atoms with E-state index < -0.39 is 36.7 Å². The lowest BCUT2D eigenvalue weighted by molar-refractivity contribution is -0.296. The third kappa shape index (κ3) is 3.31. The quantitative estimate of drug-likeness (QED) is 0.520. The number of aliphatic carboxylic acids is 1. The normalized spacial score (nSPS) is 32.7. The summed E-state index contributed by atoms with van der Waals surface area (Å²) in [5, 5.41) is 39.3. The zero-order chi connectivity index (χ0) is 15.6. The number of anilines is 1. The number of aliphatic hydroxyl groups excluding tert-OH is 3. The molecule has 1 saturated heterocycles. The number of aliphatic hydroxyl groups is 3. The minimum Gasteiger partial charge on any atom is -0.479 e. The molecule has 2 rings (SSSR count). The van der Waals surface area contributed by atoms with Crippen molar-refractivity contribution in [1.29, 1.82) is 0 Å². The molecule has 1 fully saturated rings. The second-order valence-electron chi connectivity index (χ2n) is 4.67. The zero-order valence-electron chi connectivity index (χ0n) is 11.2. The Morgan fingerprint density at radius 1 is 1.14 bits per heavy atom. The van der Waals surface area contributed by atoms with Crippen LogP contribution in [0.4, 0.5) is 5.69 Å². The Morgan fingerprint density at radius 3 is 2.33 bits per heavy atom. The third-order valence-electron chi connectivity index (χ3n) is 3.19. The number of hydroxylamine groups is 1.